The SMILES string of the molecule is COc1cc(CN(C(=O)c2cnn(C)c2)C2CC2)ccc1OC(F)F. The van der Waals surface area contributed by atoms with E-state index in [0.29, 0.717) is 12.1 Å². The monoisotopic (exact) mass is 351 g/mol. The lowest BCUT2D eigenvalue weighted by molar-refractivity contribution is -0.0512. The van der Waals surface area contributed by atoms with E-state index in [9.17, 15) is 13.6 Å². The van der Waals surface area contributed by atoms with Crippen LogP contribution in [0.15, 0.2) is 30.6 Å². The number of amides is 1. The fraction of sp³-hybridized carbons (Fsp3) is 0.412. The number of methoxy groups -OCH3 is 1. The van der Waals surface area contributed by atoms with Gasteiger partial charge in [-0.3, -0.25) is 9.48 Å². The third-order valence-electron chi connectivity index (χ3n) is 4.00. The summed E-state index contributed by atoms with van der Waals surface area (Å²) in [5.74, 6) is 0.0858. The van der Waals surface area contributed by atoms with Gasteiger partial charge in [0, 0.05) is 25.8 Å². The number of benzene rings is 1. The molecule has 0 aliphatic heterocycles. The largest absolute Gasteiger partial charge is 0.493 e. The van der Waals surface area contributed by atoms with E-state index in [2.05, 4.69) is 9.84 Å². The fourth-order valence-corrected chi connectivity index (χ4v) is 2.65. The molecular formula is C17H19F2N3O3. The van der Waals surface area contributed by atoms with Crippen molar-refractivity contribution in [3.8, 4) is 11.5 Å². The van der Waals surface area contributed by atoms with Crippen molar-refractivity contribution in [3.05, 3.63) is 41.7 Å². The smallest absolute Gasteiger partial charge is 0.387 e. The van der Waals surface area contributed by atoms with Gasteiger partial charge in [-0.15, -0.1) is 0 Å². The highest BCUT2D eigenvalue weighted by Gasteiger charge is 2.33. The van der Waals surface area contributed by atoms with Crippen LogP contribution in [0.2, 0.25) is 0 Å². The summed E-state index contributed by atoms with van der Waals surface area (Å²) in [4.78, 5) is 14.5. The summed E-state index contributed by atoms with van der Waals surface area (Å²) >= 11 is 0. The molecule has 1 aromatic carbocycles. The van der Waals surface area contributed by atoms with Gasteiger partial charge in [0.15, 0.2) is 11.5 Å². The topological polar surface area (TPSA) is 56.6 Å². The van der Waals surface area contributed by atoms with Crippen LogP contribution in [0.3, 0.4) is 0 Å². The number of hydrogen-bond acceptors (Lipinski definition) is 4. The molecule has 1 amide bonds. The molecule has 0 saturated heterocycles. The number of aromatic nitrogens is 2. The highest BCUT2D eigenvalue weighted by Crippen LogP contribution is 2.33. The average Bonchev–Trinajstić information content (AvgIpc) is 3.33. The van der Waals surface area contributed by atoms with E-state index >= 15 is 0 Å². The third kappa shape index (κ3) is 4.07. The van der Waals surface area contributed by atoms with Crippen molar-refractivity contribution in [2.24, 2.45) is 7.05 Å². The number of rotatable bonds is 7. The number of halogens is 2. The summed E-state index contributed by atoms with van der Waals surface area (Å²) in [6.45, 7) is -2.56. The van der Waals surface area contributed by atoms with E-state index < -0.39 is 6.61 Å². The number of aryl methyl sites for hydroxylation is 1. The molecular weight excluding hydrogens is 332 g/mol. The number of alkyl halides is 2. The molecule has 25 heavy (non-hydrogen) atoms. The molecule has 2 aromatic rings. The fourth-order valence-electron chi connectivity index (χ4n) is 2.65. The van der Waals surface area contributed by atoms with E-state index in [1.807, 2.05) is 0 Å². The van der Waals surface area contributed by atoms with Crippen LogP contribution in [-0.4, -0.2) is 40.4 Å². The Balaban J connectivity index is 1.79. The molecule has 0 bridgehead atoms. The summed E-state index contributed by atoms with van der Waals surface area (Å²) in [6.07, 6.45) is 5.13. The molecule has 1 fully saturated rings. The maximum Gasteiger partial charge on any atom is 0.387 e. The highest BCUT2D eigenvalue weighted by molar-refractivity contribution is 5.94. The molecule has 1 aliphatic rings. The Morgan fingerprint density at radius 3 is 2.72 bits per heavy atom. The zero-order chi connectivity index (χ0) is 18.0. The average molecular weight is 351 g/mol. The van der Waals surface area contributed by atoms with E-state index in [0.717, 1.165) is 18.4 Å². The lowest BCUT2D eigenvalue weighted by Gasteiger charge is -2.22. The minimum atomic E-state index is -2.92. The second kappa shape index (κ2) is 7.08. The lowest BCUT2D eigenvalue weighted by atomic mass is 10.1. The summed E-state index contributed by atoms with van der Waals surface area (Å²) in [5, 5.41) is 4.04. The van der Waals surface area contributed by atoms with Crippen LogP contribution in [0.1, 0.15) is 28.8 Å². The molecule has 134 valence electrons. The maximum absolute atomic E-state index is 12.7. The Morgan fingerprint density at radius 1 is 1.40 bits per heavy atom. The Hall–Kier alpha value is -2.64. The second-order valence-electron chi connectivity index (χ2n) is 5.93. The first-order chi connectivity index (χ1) is 12.0. The van der Waals surface area contributed by atoms with Crippen molar-refractivity contribution in [1.29, 1.82) is 0 Å². The normalized spacial score (nSPS) is 13.8. The van der Waals surface area contributed by atoms with Crippen molar-refractivity contribution in [2.45, 2.75) is 32.0 Å². The van der Waals surface area contributed by atoms with Crippen LogP contribution < -0.4 is 9.47 Å². The molecule has 6 nitrogen and oxygen atoms in total. The van der Waals surface area contributed by atoms with E-state index in [4.69, 9.17) is 4.74 Å². The van der Waals surface area contributed by atoms with Crippen molar-refractivity contribution < 1.29 is 23.0 Å². The molecule has 0 N–H and O–H groups in total. The number of carbonyl (C=O) groups excluding carboxylic acids is 1. The van der Waals surface area contributed by atoms with Crippen molar-refractivity contribution in [1.82, 2.24) is 14.7 Å². The quantitative estimate of drug-likeness (QED) is 0.770. The Bertz CT molecular complexity index is 759. The van der Waals surface area contributed by atoms with Crippen molar-refractivity contribution in [2.75, 3.05) is 7.11 Å². The van der Waals surface area contributed by atoms with E-state index in [-0.39, 0.29) is 23.4 Å². The lowest BCUT2D eigenvalue weighted by Crippen LogP contribution is -2.32. The van der Waals surface area contributed by atoms with Gasteiger partial charge in [0.25, 0.3) is 5.91 Å². The van der Waals surface area contributed by atoms with Crippen LogP contribution in [0.5, 0.6) is 11.5 Å². The molecule has 0 atom stereocenters. The van der Waals surface area contributed by atoms with Gasteiger partial charge in [0.05, 0.1) is 18.9 Å². The Kier molecular flexibility index (Phi) is 4.87. The Morgan fingerprint density at radius 2 is 2.16 bits per heavy atom. The third-order valence-corrected chi connectivity index (χ3v) is 4.00. The van der Waals surface area contributed by atoms with Gasteiger partial charge in [0.1, 0.15) is 0 Å². The van der Waals surface area contributed by atoms with Crippen LogP contribution in [-0.2, 0) is 13.6 Å². The summed E-state index contributed by atoms with van der Waals surface area (Å²) in [5.41, 5.74) is 1.31. The summed E-state index contributed by atoms with van der Waals surface area (Å²) in [6, 6.07) is 4.89. The van der Waals surface area contributed by atoms with Crippen LogP contribution >= 0.6 is 0 Å². The van der Waals surface area contributed by atoms with Crippen LogP contribution in [0.4, 0.5) is 8.78 Å². The predicted molar refractivity (Wildman–Crippen MR) is 85.7 cm³/mol. The van der Waals surface area contributed by atoms with Crippen LogP contribution in [0, 0.1) is 0 Å². The van der Waals surface area contributed by atoms with Gasteiger partial charge in [0.2, 0.25) is 0 Å². The van der Waals surface area contributed by atoms with Crippen molar-refractivity contribution >= 4 is 5.91 Å². The highest BCUT2D eigenvalue weighted by atomic mass is 19.3. The number of ether oxygens (including phenoxy) is 2. The molecule has 8 heteroatoms. The molecule has 3 rings (SSSR count). The van der Waals surface area contributed by atoms with E-state index in [1.54, 1.807) is 35.0 Å². The molecule has 1 aliphatic carbocycles. The zero-order valence-electron chi connectivity index (χ0n) is 14.0. The minimum absolute atomic E-state index is 0.0298. The number of carbonyl (C=O) groups is 1. The Labute approximate surface area is 143 Å². The number of hydrogen-bond donors (Lipinski definition) is 0. The molecule has 1 saturated carbocycles. The molecule has 0 radical (unpaired) electrons. The first kappa shape index (κ1) is 17.2. The van der Waals surface area contributed by atoms with E-state index in [1.165, 1.54) is 19.4 Å². The summed E-state index contributed by atoms with van der Waals surface area (Å²) in [7, 11) is 3.14. The maximum atomic E-state index is 12.7. The first-order valence-electron chi connectivity index (χ1n) is 7.89. The van der Waals surface area contributed by atoms with Gasteiger partial charge in [-0.1, -0.05) is 6.07 Å². The summed E-state index contributed by atoms with van der Waals surface area (Å²) < 4.78 is 36.0. The predicted octanol–water partition coefficient (Wildman–Crippen LogP) is 2.83. The molecule has 0 spiro atoms. The van der Waals surface area contributed by atoms with Crippen LogP contribution in [0.25, 0.3) is 0 Å². The van der Waals surface area contributed by atoms with Gasteiger partial charge in [-0.05, 0) is 30.5 Å². The van der Waals surface area contributed by atoms with Gasteiger partial charge in [-0.25, -0.2) is 0 Å². The van der Waals surface area contributed by atoms with Gasteiger partial charge < -0.3 is 14.4 Å². The zero-order valence-corrected chi connectivity index (χ0v) is 14.0. The molecule has 1 aromatic heterocycles. The number of nitrogens with zero attached hydrogens (tertiary/aromatic N) is 3. The van der Waals surface area contributed by atoms with Crippen molar-refractivity contribution in [3.63, 3.8) is 0 Å². The first-order valence-corrected chi connectivity index (χ1v) is 7.89. The molecule has 1 heterocycles. The molecule has 0 unspecified atom stereocenters. The standard InChI is InChI=1S/C17H19F2N3O3/c1-21-10-12(8-20-21)16(23)22(13-4-5-13)9-11-3-6-14(25-17(18)19)15(7-11)24-2/h3,6-8,10,13,17H,4-5,9H2,1-2H3. The second-order valence-corrected chi connectivity index (χ2v) is 5.93. The van der Waals surface area contributed by atoms with Gasteiger partial charge >= 0.3 is 6.61 Å². The minimum Gasteiger partial charge on any atom is -0.493 e. The van der Waals surface area contributed by atoms with Gasteiger partial charge in [-0.2, -0.15) is 13.9 Å².